The molecular formula is C21H31NSi. The standard InChI is InChI=1S/C21H31NSi/c1-17-11-13-18(14-12-17)16-23(20(2,3)4,21(5,6)7)19-10-8-9-15-22-19/h8-15H,16H2,1-7H3. The molecule has 0 spiro atoms. The Morgan fingerprint density at radius 1 is 0.826 bits per heavy atom. The van der Waals surface area contributed by atoms with Gasteiger partial charge in [0.2, 0.25) is 0 Å². The Morgan fingerprint density at radius 2 is 1.39 bits per heavy atom. The third-order valence-corrected chi connectivity index (χ3v) is 12.5. The molecule has 2 aromatic rings. The molecule has 124 valence electrons. The zero-order valence-corrected chi connectivity index (χ0v) is 16.8. The molecule has 1 heterocycles. The molecule has 0 radical (unpaired) electrons. The largest absolute Gasteiger partial charge is 0.266 e. The van der Waals surface area contributed by atoms with Crippen LogP contribution in [0.4, 0.5) is 0 Å². The molecular weight excluding hydrogens is 294 g/mol. The molecule has 0 N–H and O–H groups in total. The Morgan fingerprint density at radius 3 is 1.83 bits per heavy atom. The smallest absolute Gasteiger partial charge is 0.125 e. The van der Waals surface area contributed by atoms with E-state index in [1.165, 1.54) is 16.4 Å². The minimum absolute atomic E-state index is 0.227. The summed E-state index contributed by atoms with van der Waals surface area (Å²) in [5.74, 6) is 0. The van der Waals surface area contributed by atoms with E-state index in [9.17, 15) is 0 Å². The van der Waals surface area contributed by atoms with Crippen LogP contribution in [0.25, 0.3) is 0 Å². The minimum Gasteiger partial charge on any atom is -0.266 e. The predicted molar refractivity (Wildman–Crippen MR) is 104 cm³/mol. The SMILES string of the molecule is Cc1ccc(C[Si](c2ccccn2)(C(C)(C)C)C(C)(C)C)cc1. The van der Waals surface area contributed by atoms with Gasteiger partial charge in [-0.25, -0.2) is 0 Å². The molecule has 0 amide bonds. The second kappa shape index (κ2) is 6.24. The first-order valence-corrected chi connectivity index (χ1v) is 10.8. The number of hydrogen-bond acceptors (Lipinski definition) is 1. The molecule has 2 heteroatoms. The lowest BCUT2D eigenvalue weighted by molar-refractivity contribution is 0.615. The molecule has 0 aliphatic rings. The van der Waals surface area contributed by atoms with Crippen LogP contribution in [0.2, 0.25) is 10.1 Å². The van der Waals surface area contributed by atoms with Crippen LogP contribution < -0.4 is 5.32 Å². The number of benzene rings is 1. The first kappa shape index (κ1) is 17.9. The molecule has 0 fully saturated rings. The number of nitrogens with zero attached hydrogens (tertiary/aromatic N) is 1. The highest BCUT2D eigenvalue weighted by molar-refractivity contribution is 6.95. The van der Waals surface area contributed by atoms with E-state index in [0.717, 1.165) is 6.04 Å². The number of hydrogen-bond donors (Lipinski definition) is 0. The van der Waals surface area contributed by atoms with Crippen molar-refractivity contribution < 1.29 is 0 Å². The Balaban J connectivity index is 2.65. The van der Waals surface area contributed by atoms with Crippen LogP contribution >= 0.6 is 0 Å². The second-order valence-electron chi connectivity index (χ2n) is 8.78. The summed E-state index contributed by atoms with van der Waals surface area (Å²) in [7, 11) is -1.94. The van der Waals surface area contributed by atoms with E-state index < -0.39 is 8.07 Å². The molecule has 1 aromatic heterocycles. The Kier molecular flexibility index (Phi) is 4.86. The van der Waals surface area contributed by atoms with Gasteiger partial charge in [-0.05, 0) is 35.2 Å². The molecule has 0 saturated carbocycles. The molecule has 0 saturated heterocycles. The number of aromatic nitrogens is 1. The van der Waals surface area contributed by atoms with Gasteiger partial charge in [0.05, 0.1) is 0 Å². The maximum atomic E-state index is 4.86. The third-order valence-electron chi connectivity index (χ3n) is 5.25. The fourth-order valence-electron chi connectivity index (χ4n) is 4.14. The quantitative estimate of drug-likeness (QED) is 0.686. The van der Waals surface area contributed by atoms with Crippen molar-refractivity contribution in [3.05, 3.63) is 59.8 Å². The molecule has 1 aromatic carbocycles. The van der Waals surface area contributed by atoms with Gasteiger partial charge in [-0.2, -0.15) is 0 Å². The van der Waals surface area contributed by atoms with Crippen LogP contribution in [-0.4, -0.2) is 13.1 Å². The Labute approximate surface area is 143 Å². The lowest BCUT2D eigenvalue weighted by atomic mass is 10.2. The van der Waals surface area contributed by atoms with Gasteiger partial charge in [0.25, 0.3) is 0 Å². The first-order valence-electron chi connectivity index (χ1n) is 8.55. The summed E-state index contributed by atoms with van der Waals surface area (Å²) in [5.41, 5.74) is 2.77. The van der Waals surface area contributed by atoms with Crippen molar-refractivity contribution in [1.29, 1.82) is 0 Å². The van der Waals surface area contributed by atoms with Crippen molar-refractivity contribution >= 4 is 13.4 Å². The van der Waals surface area contributed by atoms with E-state index in [1.807, 2.05) is 12.3 Å². The molecule has 0 atom stereocenters. The van der Waals surface area contributed by atoms with Crippen LogP contribution in [0.5, 0.6) is 0 Å². The van der Waals surface area contributed by atoms with Crippen molar-refractivity contribution in [3.63, 3.8) is 0 Å². The maximum absolute atomic E-state index is 4.86. The van der Waals surface area contributed by atoms with E-state index >= 15 is 0 Å². The summed E-state index contributed by atoms with van der Waals surface area (Å²) in [6, 6.07) is 16.6. The molecule has 1 nitrogen and oxygen atoms in total. The highest BCUT2D eigenvalue weighted by Gasteiger charge is 2.54. The van der Waals surface area contributed by atoms with Crippen LogP contribution in [0.3, 0.4) is 0 Å². The minimum atomic E-state index is -1.94. The van der Waals surface area contributed by atoms with Crippen LogP contribution in [0.1, 0.15) is 52.7 Å². The maximum Gasteiger partial charge on any atom is 0.125 e. The third kappa shape index (κ3) is 3.42. The molecule has 23 heavy (non-hydrogen) atoms. The van der Waals surface area contributed by atoms with Crippen molar-refractivity contribution in [3.8, 4) is 0 Å². The summed E-state index contributed by atoms with van der Waals surface area (Å²) in [6.45, 7) is 16.6. The molecule has 2 rings (SSSR count). The highest BCUT2D eigenvalue weighted by atomic mass is 28.3. The summed E-state index contributed by atoms with van der Waals surface area (Å²) < 4.78 is 0. The van der Waals surface area contributed by atoms with E-state index in [4.69, 9.17) is 4.98 Å². The topological polar surface area (TPSA) is 12.9 Å². The van der Waals surface area contributed by atoms with Gasteiger partial charge in [0, 0.05) is 11.5 Å². The lowest BCUT2D eigenvalue weighted by Gasteiger charge is -2.51. The Hall–Kier alpha value is -1.41. The monoisotopic (exact) mass is 325 g/mol. The van der Waals surface area contributed by atoms with Gasteiger partial charge in [-0.1, -0.05) is 83.0 Å². The van der Waals surface area contributed by atoms with Gasteiger partial charge in [-0.3, -0.25) is 4.98 Å². The average Bonchev–Trinajstić information content (AvgIpc) is 2.45. The van der Waals surface area contributed by atoms with E-state index in [2.05, 4.69) is 84.9 Å². The second-order valence-corrected chi connectivity index (χ2v) is 14.5. The Bertz CT molecular complexity index is 616. The van der Waals surface area contributed by atoms with E-state index in [1.54, 1.807) is 0 Å². The van der Waals surface area contributed by atoms with Crippen molar-refractivity contribution in [2.75, 3.05) is 0 Å². The zero-order valence-electron chi connectivity index (χ0n) is 15.8. The van der Waals surface area contributed by atoms with E-state index in [0.29, 0.717) is 0 Å². The fraction of sp³-hybridized carbons (Fsp3) is 0.476. The van der Waals surface area contributed by atoms with Crippen LogP contribution in [-0.2, 0) is 6.04 Å². The molecule has 0 bridgehead atoms. The predicted octanol–water partition coefficient (Wildman–Crippen LogP) is 5.43. The number of rotatable bonds is 3. The summed E-state index contributed by atoms with van der Waals surface area (Å²) in [4.78, 5) is 4.86. The molecule has 0 aliphatic carbocycles. The number of pyridine rings is 1. The van der Waals surface area contributed by atoms with Crippen molar-refractivity contribution in [2.45, 2.75) is 64.6 Å². The first-order chi connectivity index (χ1) is 10.6. The van der Waals surface area contributed by atoms with Gasteiger partial charge < -0.3 is 0 Å². The normalized spacial score (nSPS) is 13.2. The average molecular weight is 326 g/mol. The molecule has 0 aliphatic heterocycles. The van der Waals surface area contributed by atoms with Crippen molar-refractivity contribution in [1.82, 2.24) is 4.98 Å². The highest BCUT2D eigenvalue weighted by Crippen LogP contribution is 2.51. The van der Waals surface area contributed by atoms with Gasteiger partial charge in [-0.15, -0.1) is 0 Å². The van der Waals surface area contributed by atoms with Gasteiger partial charge >= 0.3 is 0 Å². The van der Waals surface area contributed by atoms with Crippen LogP contribution in [0.15, 0.2) is 48.7 Å². The zero-order chi connectivity index (χ0) is 17.3. The lowest BCUT2D eigenvalue weighted by Crippen LogP contribution is -2.64. The fourth-order valence-corrected chi connectivity index (χ4v) is 10.7. The summed E-state index contributed by atoms with van der Waals surface area (Å²) in [5, 5.41) is 1.79. The number of aryl methyl sites for hydroxylation is 1. The van der Waals surface area contributed by atoms with Gasteiger partial charge in [0.15, 0.2) is 0 Å². The summed E-state index contributed by atoms with van der Waals surface area (Å²) >= 11 is 0. The van der Waals surface area contributed by atoms with Crippen molar-refractivity contribution in [2.24, 2.45) is 0 Å². The summed E-state index contributed by atoms with van der Waals surface area (Å²) in [6.07, 6.45) is 1.96. The molecule has 0 unspecified atom stereocenters. The van der Waals surface area contributed by atoms with E-state index in [-0.39, 0.29) is 10.1 Å². The van der Waals surface area contributed by atoms with Crippen LogP contribution in [0, 0.1) is 6.92 Å². The van der Waals surface area contributed by atoms with Gasteiger partial charge in [0.1, 0.15) is 8.07 Å².